The van der Waals surface area contributed by atoms with Crippen LogP contribution in [0, 0.1) is 11.6 Å². The molecule has 1 aromatic heterocycles. The van der Waals surface area contributed by atoms with Gasteiger partial charge >= 0.3 is 0 Å². The number of hydrogen-bond acceptors (Lipinski definition) is 7. The first kappa shape index (κ1) is 31.9. The van der Waals surface area contributed by atoms with E-state index in [2.05, 4.69) is 39.7 Å². The molecule has 1 amide bonds. The topological polar surface area (TPSA) is 83.9 Å². The second-order valence-electron chi connectivity index (χ2n) is 10.7. The number of para-hydroxylation sites is 1. The summed E-state index contributed by atoms with van der Waals surface area (Å²) in [5, 5.41) is 8.63. The van der Waals surface area contributed by atoms with Gasteiger partial charge in [-0.25, -0.2) is 14.2 Å². The molecule has 0 aliphatic carbocycles. The van der Waals surface area contributed by atoms with Gasteiger partial charge in [0.1, 0.15) is 18.4 Å². The summed E-state index contributed by atoms with van der Waals surface area (Å²) in [6, 6.07) is 14.8. The molecule has 0 unspecified atom stereocenters. The Labute approximate surface area is 251 Å². The quantitative estimate of drug-likeness (QED) is 0.138. The monoisotopic (exact) mass is 594 g/mol. The molecule has 2 N–H and O–H groups in total. The fourth-order valence-corrected chi connectivity index (χ4v) is 4.89. The van der Waals surface area contributed by atoms with Gasteiger partial charge in [0, 0.05) is 38.7 Å². The van der Waals surface area contributed by atoms with E-state index in [1.54, 1.807) is 19.4 Å². The second-order valence-corrected chi connectivity index (χ2v) is 10.7. The van der Waals surface area contributed by atoms with Crippen LogP contribution in [-0.2, 0) is 15.9 Å². The van der Waals surface area contributed by atoms with E-state index in [9.17, 15) is 13.6 Å². The summed E-state index contributed by atoms with van der Waals surface area (Å²) in [6.45, 7) is 3.15. The molecule has 4 rings (SSSR count). The van der Waals surface area contributed by atoms with Crippen molar-refractivity contribution in [3.8, 4) is 0 Å². The minimum Gasteiger partial charge on any atom is -0.383 e. The summed E-state index contributed by atoms with van der Waals surface area (Å²) in [6.07, 6.45) is 3.72. The lowest BCUT2D eigenvalue weighted by molar-refractivity contribution is -0.0303. The van der Waals surface area contributed by atoms with Crippen molar-refractivity contribution in [1.29, 1.82) is 0 Å². The molecule has 0 atom stereocenters. The van der Waals surface area contributed by atoms with Crippen LogP contribution in [-0.4, -0.2) is 82.0 Å². The zero-order valence-electron chi connectivity index (χ0n) is 25.2. The summed E-state index contributed by atoms with van der Waals surface area (Å²) < 4.78 is 37.7. The van der Waals surface area contributed by atoms with Gasteiger partial charge in [0.15, 0.2) is 0 Å². The standard InChI is InChI=1S/C32H40F2N6O3/c1-38(2)13-7-14-39(3)30-9-5-8-28(31(30)35-12-6-15-43-22-42-4)32(41)37-40-29-11-10-23(17-25(29)21-36-40)16-24-18-26(33)20-27(34)19-24/h5,8-11,17-21,35H,6-7,12-16,22H2,1-4H3,(H,37,41). The molecule has 0 saturated heterocycles. The zero-order valence-corrected chi connectivity index (χ0v) is 25.2. The highest BCUT2D eigenvalue weighted by Crippen LogP contribution is 2.30. The third-order valence-electron chi connectivity index (χ3n) is 6.94. The van der Waals surface area contributed by atoms with Gasteiger partial charge in [-0.05, 0) is 87.4 Å². The fraction of sp³-hybridized carbons (Fsp3) is 0.375. The van der Waals surface area contributed by atoms with Crippen molar-refractivity contribution < 1.29 is 23.0 Å². The maximum atomic E-state index is 13.7. The number of halogens is 2. The van der Waals surface area contributed by atoms with Crippen LogP contribution >= 0.6 is 0 Å². The van der Waals surface area contributed by atoms with Crippen molar-refractivity contribution in [2.24, 2.45) is 0 Å². The van der Waals surface area contributed by atoms with Gasteiger partial charge < -0.3 is 24.6 Å². The van der Waals surface area contributed by atoms with Crippen LogP contribution in [0.3, 0.4) is 0 Å². The predicted octanol–water partition coefficient (Wildman–Crippen LogP) is 5.10. The molecule has 0 saturated carbocycles. The number of ether oxygens (including phenoxy) is 2. The average Bonchev–Trinajstić information content (AvgIpc) is 3.35. The van der Waals surface area contributed by atoms with Gasteiger partial charge in [-0.2, -0.15) is 9.89 Å². The largest absolute Gasteiger partial charge is 0.383 e. The van der Waals surface area contributed by atoms with Gasteiger partial charge in [-0.1, -0.05) is 12.1 Å². The lowest BCUT2D eigenvalue weighted by Crippen LogP contribution is -2.27. The van der Waals surface area contributed by atoms with Gasteiger partial charge in [-0.15, -0.1) is 0 Å². The van der Waals surface area contributed by atoms with Crippen molar-refractivity contribution in [1.82, 2.24) is 14.8 Å². The molecule has 0 spiro atoms. The van der Waals surface area contributed by atoms with Crippen molar-refractivity contribution in [2.45, 2.75) is 19.3 Å². The molecule has 9 nitrogen and oxygen atoms in total. The molecule has 3 aromatic carbocycles. The number of fused-ring (bicyclic) bond motifs is 1. The van der Waals surface area contributed by atoms with E-state index in [1.165, 1.54) is 16.9 Å². The number of rotatable bonds is 16. The predicted molar refractivity (Wildman–Crippen MR) is 166 cm³/mol. The summed E-state index contributed by atoms with van der Waals surface area (Å²) in [5.74, 6) is -1.53. The number of aromatic nitrogens is 2. The highest BCUT2D eigenvalue weighted by molar-refractivity contribution is 6.07. The number of methoxy groups -OCH3 is 1. The average molecular weight is 595 g/mol. The van der Waals surface area contributed by atoms with Crippen LogP contribution < -0.4 is 15.6 Å². The molecular formula is C32H40F2N6O3. The van der Waals surface area contributed by atoms with Crippen molar-refractivity contribution in [2.75, 3.05) is 76.9 Å². The SMILES string of the molecule is COCOCCCNc1c(C(=O)Nn2ncc3cc(Cc4cc(F)cc(F)c4)ccc32)cccc1N(C)CCCN(C)C. The van der Waals surface area contributed by atoms with Gasteiger partial charge in [0.2, 0.25) is 0 Å². The minimum atomic E-state index is -0.608. The van der Waals surface area contributed by atoms with Crippen LogP contribution in [0.25, 0.3) is 10.9 Å². The second kappa shape index (κ2) is 15.4. The third kappa shape index (κ3) is 8.96. The third-order valence-corrected chi connectivity index (χ3v) is 6.94. The van der Waals surface area contributed by atoms with E-state index in [0.717, 1.165) is 54.3 Å². The number of nitrogens with zero attached hydrogens (tertiary/aromatic N) is 4. The van der Waals surface area contributed by atoms with E-state index >= 15 is 0 Å². The lowest BCUT2D eigenvalue weighted by Gasteiger charge is -2.25. The van der Waals surface area contributed by atoms with Crippen LogP contribution in [0.1, 0.15) is 34.3 Å². The summed E-state index contributed by atoms with van der Waals surface area (Å²) in [4.78, 5) is 19.4. The van der Waals surface area contributed by atoms with Crippen LogP contribution in [0.2, 0.25) is 0 Å². The Morgan fingerprint density at radius 3 is 2.51 bits per heavy atom. The zero-order chi connectivity index (χ0) is 30.8. The fourth-order valence-electron chi connectivity index (χ4n) is 4.89. The van der Waals surface area contributed by atoms with E-state index in [0.29, 0.717) is 36.2 Å². The van der Waals surface area contributed by atoms with Crippen molar-refractivity contribution >= 4 is 28.2 Å². The Hall–Kier alpha value is -4.06. The van der Waals surface area contributed by atoms with E-state index in [4.69, 9.17) is 9.47 Å². The number of benzene rings is 3. The van der Waals surface area contributed by atoms with E-state index in [-0.39, 0.29) is 12.7 Å². The number of nitrogens with one attached hydrogen (secondary N) is 2. The molecular weight excluding hydrogens is 554 g/mol. The minimum absolute atomic E-state index is 0.238. The summed E-state index contributed by atoms with van der Waals surface area (Å²) in [7, 11) is 7.71. The van der Waals surface area contributed by atoms with Gasteiger partial charge in [-0.3, -0.25) is 4.79 Å². The molecule has 0 fully saturated rings. The van der Waals surface area contributed by atoms with E-state index < -0.39 is 11.6 Å². The first-order valence-electron chi connectivity index (χ1n) is 14.3. The maximum absolute atomic E-state index is 13.7. The molecule has 0 radical (unpaired) electrons. The molecule has 230 valence electrons. The van der Waals surface area contributed by atoms with E-state index in [1.807, 2.05) is 37.4 Å². The summed E-state index contributed by atoms with van der Waals surface area (Å²) >= 11 is 0. The number of carbonyl (C=O) groups is 1. The molecule has 11 heteroatoms. The Kier molecular flexibility index (Phi) is 11.4. The Morgan fingerprint density at radius 1 is 0.977 bits per heavy atom. The molecule has 4 aromatic rings. The number of anilines is 2. The molecule has 0 bridgehead atoms. The highest BCUT2D eigenvalue weighted by Gasteiger charge is 2.18. The van der Waals surface area contributed by atoms with Crippen molar-refractivity contribution in [3.05, 3.63) is 89.1 Å². The Bertz CT molecular complexity index is 1490. The normalized spacial score (nSPS) is 11.3. The Balaban J connectivity index is 1.52. The van der Waals surface area contributed by atoms with Gasteiger partial charge in [0.25, 0.3) is 5.91 Å². The molecule has 0 aliphatic heterocycles. The van der Waals surface area contributed by atoms with Crippen molar-refractivity contribution in [3.63, 3.8) is 0 Å². The number of amides is 1. The smallest absolute Gasteiger partial charge is 0.273 e. The lowest BCUT2D eigenvalue weighted by atomic mass is 10.0. The first-order valence-corrected chi connectivity index (χ1v) is 14.3. The first-order chi connectivity index (χ1) is 20.7. The van der Waals surface area contributed by atoms with Gasteiger partial charge in [0.05, 0.1) is 35.3 Å². The number of carbonyl (C=O) groups excluding carboxylic acids is 1. The summed E-state index contributed by atoms with van der Waals surface area (Å²) in [5.41, 5.74) is 7.16. The van der Waals surface area contributed by atoms with Crippen LogP contribution in [0.5, 0.6) is 0 Å². The highest BCUT2D eigenvalue weighted by atomic mass is 19.1. The molecule has 43 heavy (non-hydrogen) atoms. The number of hydrogen-bond donors (Lipinski definition) is 2. The van der Waals surface area contributed by atoms with Crippen LogP contribution in [0.4, 0.5) is 20.2 Å². The molecule has 1 heterocycles. The Morgan fingerprint density at radius 2 is 1.77 bits per heavy atom. The maximum Gasteiger partial charge on any atom is 0.273 e. The van der Waals surface area contributed by atoms with Crippen LogP contribution in [0.15, 0.2) is 60.8 Å². The molecule has 0 aliphatic rings.